The Morgan fingerprint density at radius 3 is 3.00 bits per heavy atom. The Labute approximate surface area is 112 Å². The molecule has 0 aliphatic carbocycles. The number of hydrogen-bond donors (Lipinski definition) is 0. The molecule has 0 amide bonds. The number of hydrogen-bond acceptors (Lipinski definition) is 5. The molecule has 0 radical (unpaired) electrons. The van der Waals surface area contributed by atoms with Crippen molar-refractivity contribution in [3.8, 4) is 0 Å². The summed E-state index contributed by atoms with van der Waals surface area (Å²) in [6.07, 6.45) is 3.54. The molecule has 1 fully saturated rings. The van der Waals surface area contributed by atoms with Crippen molar-refractivity contribution in [2.45, 2.75) is 52.1 Å². The Kier molecular flexibility index (Phi) is 4.22. The van der Waals surface area contributed by atoms with Crippen LogP contribution in [0.25, 0.3) is 0 Å². The van der Waals surface area contributed by atoms with Gasteiger partial charge < -0.3 is 9.64 Å². The average molecular weight is 268 g/mol. The van der Waals surface area contributed by atoms with Crippen molar-refractivity contribution in [3.05, 3.63) is 11.1 Å². The molecule has 0 spiro atoms. The van der Waals surface area contributed by atoms with Crippen LogP contribution in [0.4, 0.5) is 5.13 Å². The minimum Gasteiger partial charge on any atom is -0.461 e. The number of carbonyl (C=O) groups is 1. The second-order valence-electron chi connectivity index (χ2n) is 4.63. The van der Waals surface area contributed by atoms with Gasteiger partial charge in [-0.05, 0) is 33.1 Å². The van der Waals surface area contributed by atoms with E-state index in [-0.39, 0.29) is 5.97 Å². The number of ether oxygens (including phenoxy) is 1. The first-order valence-electron chi connectivity index (χ1n) is 6.58. The summed E-state index contributed by atoms with van der Waals surface area (Å²) in [4.78, 5) is 18.4. The van der Waals surface area contributed by atoms with Crippen LogP contribution in [0.15, 0.2) is 5.38 Å². The van der Waals surface area contributed by atoms with Gasteiger partial charge in [0, 0.05) is 17.5 Å². The summed E-state index contributed by atoms with van der Waals surface area (Å²) < 4.78 is 4.97. The van der Waals surface area contributed by atoms with Gasteiger partial charge in [-0.2, -0.15) is 0 Å². The molecule has 1 aliphatic rings. The first kappa shape index (κ1) is 13.3. The Morgan fingerprint density at radius 1 is 1.56 bits per heavy atom. The summed E-state index contributed by atoms with van der Waals surface area (Å²) in [5.41, 5.74) is 0.436. The second-order valence-corrected chi connectivity index (χ2v) is 5.47. The van der Waals surface area contributed by atoms with Gasteiger partial charge in [0.05, 0.1) is 6.61 Å². The predicted octanol–water partition coefficient (Wildman–Crippen LogP) is 3.09. The van der Waals surface area contributed by atoms with Gasteiger partial charge >= 0.3 is 5.97 Å². The smallest absolute Gasteiger partial charge is 0.357 e. The minimum atomic E-state index is -0.320. The summed E-state index contributed by atoms with van der Waals surface area (Å²) in [5, 5.41) is 2.75. The van der Waals surface area contributed by atoms with Crippen LogP contribution in [-0.2, 0) is 4.74 Å². The number of esters is 1. The fourth-order valence-corrected chi connectivity index (χ4v) is 3.47. The van der Waals surface area contributed by atoms with Crippen LogP contribution in [-0.4, -0.2) is 29.6 Å². The highest BCUT2D eigenvalue weighted by Gasteiger charge is 2.31. The Morgan fingerprint density at radius 2 is 2.33 bits per heavy atom. The van der Waals surface area contributed by atoms with Crippen LogP contribution < -0.4 is 4.90 Å². The van der Waals surface area contributed by atoms with Crippen molar-refractivity contribution < 1.29 is 9.53 Å². The highest BCUT2D eigenvalue weighted by molar-refractivity contribution is 7.14. The number of carbonyl (C=O) groups excluding carboxylic acids is 1. The van der Waals surface area contributed by atoms with Gasteiger partial charge in [-0.25, -0.2) is 9.78 Å². The predicted molar refractivity (Wildman–Crippen MR) is 73.3 cm³/mol. The maximum Gasteiger partial charge on any atom is 0.357 e. The van der Waals surface area contributed by atoms with Gasteiger partial charge in [0.1, 0.15) is 0 Å². The minimum absolute atomic E-state index is 0.320. The maximum absolute atomic E-state index is 11.6. The van der Waals surface area contributed by atoms with E-state index < -0.39 is 0 Å². The summed E-state index contributed by atoms with van der Waals surface area (Å²) in [6.45, 7) is 6.63. The molecular weight excluding hydrogens is 248 g/mol. The molecule has 0 bridgehead atoms. The van der Waals surface area contributed by atoms with E-state index in [0.717, 1.165) is 11.6 Å². The lowest BCUT2D eigenvalue weighted by atomic mass is 10.2. The largest absolute Gasteiger partial charge is 0.461 e. The zero-order chi connectivity index (χ0) is 13.1. The molecule has 4 nitrogen and oxygen atoms in total. The quantitative estimate of drug-likeness (QED) is 0.787. The van der Waals surface area contributed by atoms with Crippen LogP contribution in [0.3, 0.4) is 0 Å². The van der Waals surface area contributed by atoms with Crippen molar-refractivity contribution in [3.63, 3.8) is 0 Å². The van der Waals surface area contributed by atoms with Gasteiger partial charge in [0.2, 0.25) is 0 Å². The van der Waals surface area contributed by atoms with E-state index in [1.165, 1.54) is 24.2 Å². The van der Waals surface area contributed by atoms with Crippen LogP contribution >= 0.6 is 11.3 Å². The number of aromatic nitrogens is 1. The zero-order valence-electron chi connectivity index (χ0n) is 11.2. The van der Waals surface area contributed by atoms with E-state index in [1.807, 2.05) is 0 Å². The second kappa shape index (κ2) is 5.69. The average Bonchev–Trinajstić information content (AvgIpc) is 2.95. The van der Waals surface area contributed by atoms with Gasteiger partial charge in [-0.3, -0.25) is 0 Å². The van der Waals surface area contributed by atoms with Crippen LogP contribution in [0, 0.1) is 0 Å². The van der Waals surface area contributed by atoms with Gasteiger partial charge in [-0.15, -0.1) is 11.3 Å². The fourth-order valence-electron chi connectivity index (χ4n) is 2.50. The van der Waals surface area contributed by atoms with Gasteiger partial charge in [-0.1, -0.05) is 6.92 Å². The lowest BCUT2D eigenvalue weighted by Crippen LogP contribution is -2.34. The Balaban J connectivity index is 2.16. The van der Waals surface area contributed by atoms with E-state index in [9.17, 15) is 4.79 Å². The lowest BCUT2D eigenvalue weighted by molar-refractivity contribution is 0.0520. The molecule has 18 heavy (non-hydrogen) atoms. The van der Waals surface area contributed by atoms with E-state index in [2.05, 4.69) is 23.7 Å². The summed E-state index contributed by atoms with van der Waals surface area (Å²) in [6, 6.07) is 1.07. The molecule has 2 atom stereocenters. The molecule has 2 unspecified atom stereocenters. The lowest BCUT2D eigenvalue weighted by Gasteiger charge is -2.27. The highest BCUT2D eigenvalue weighted by atomic mass is 32.1. The molecule has 5 heteroatoms. The van der Waals surface area contributed by atoms with Crippen molar-refractivity contribution in [2.24, 2.45) is 0 Å². The maximum atomic E-state index is 11.6. The number of thiazole rings is 1. The monoisotopic (exact) mass is 268 g/mol. The first-order valence-corrected chi connectivity index (χ1v) is 7.46. The van der Waals surface area contributed by atoms with Crippen molar-refractivity contribution in [2.75, 3.05) is 11.5 Å². The van der Waals surface area contributed by atoms with Crippen molar-refractivity contribution in [1.29, 1.82) is 0 Å². The molecule has 0 N–H and O–H groups in total. The van der Waals surface area contributed by atoms with Gasteiger partial charge in [0.25, 0.3) is 0 Å². The molecule has 0 aromatic carbocycles. The molecule has 1 aromatic rings. The molecule has 2 rings (SSSR count). The van der Waals surface area contributed by atoms with E-state index in [0.29, 0.717) is 24.4 Å². The standard InChI is InChI=1S/C13H20N2O2S/c1-4-10-7-6-9(3)15(10)13-14-11(8-18-13)12(16)17-5-2/h8-10H,4-7H2,1-3H3. The molecule has 100 valence electrons. The molecule has 0 saturated carbocycles. The van der Waals surface area contributed by atoms with Crippen molar-refractivity contribution >= 4 is 22.4 Å². The molecule has 2 heterocycles. The van der Waals surface area contributed by atoms with Gasteiger partial charge in [0.15, 0.2) is 10.8 Å². The zero-order valence-corrected chi connectivity index (χ0v) is 12.0. The summed E-state index contributed by atoms with van der Waals surface area (Å²) in [7, 11) is 0. The normalized spacial score (nSPS) is 23.4. The van der Waals surface area contributed by atoms with Crippen LogP contribution in [0.2, 0.25) is 0 Å². The SMILES string of the molecule is CCOC(=O)c1csc(N2C(C)CCC2CC)n1. The summed E-state index contributed by atoms with van der Waals surface area (Å²) >= 11 is 1.54. The molecule has 1 aromatic heterocycles. The van der Waals surface area contributed by atoms with E-state index >= 15 is 0 Å². The molecule has 1 saturated heterocycles. The number of rotatable bonds is 4. The first-order chi connectivity index (χ1) is 8.67. The van der Waals surface area contributed by atoms with Crippen LogP contribution in [0.5, 0.6) is 0 Å². The number of nitrogens with zero attached hydrogens (tertiary/aromatic N) is 2. The highest BCUT2D eigenvalue weighted by Crippen LogP contribution is 2.33. The number of anilines is 1. The van der Waals surface area contributed by atoms with Crippen molar-refractivity contribution in [1.82, 2.24) is 4.98 Å². The van der Waals surface area contributed by atoms with E-state index in [1.54, 1.807) is 12.3 Å². The topological polar surface area (TPSA) is 42.4 Å². The Bertz CT molecular complexity index is 419. The third kappa shape index (κ3) is 2.51. The third-order valence-electron chi connectivity index (χ3n) is 3.45. The van der Waals surface area contributed by atoms with E-state index in [4.69, 9.17) is 4.74 Å². The Hall–Kier alpha value is -1.10. The summed E-state index contributed by atoms with van der Waals surface area (Å²) in [5.74, 6) is -0.320. The van der Waals surface area contributed by atoms with Crippen LogP contribution in [0.1, 0.15) is 50.5 Å². The molecular formula is C13H20N2O2S. The third-order valence-corrected chi connectivity index (χ3v) is 4.31. The molecule has 1 aliphatic heterocycles. The fraction of sp³-hybridized carbons (Fsp3) is 0.692.